The minimum atomic E-state index is -3.91. The van der Waals surface area contributed by atoms with Gasteiger partial charge in [0.1, 0.15) is 12.3 Å². The molecular weight excluding hydrogens is 328 g/mol. The van der Waals surface area contributed by atoms with E-state index in [0.717, 1.165) is 4.31 Å². The molecule has 24 heavy (non-hydrogen) atoms. The number of para-hydroxylation sites is 2. The summed E-state index contributed by atoms with van der Waals surface area (Å²) in [4.78, 5) is 12.2. The van der Waals surface area contributed by atoms with Crippen LogP contribution in [0.4, 0.5) is 5.69 Å². The summed E-state index contributed by atoms with van der Waals surface area (Å²) in [6, 6.07) is 14.7. The van der Waals surface area contributed by atoms with E-state index < -0.39 is 10.0 Å². The van der Waals surface area contributed by atoms with Gasteiger partial charge in [-0.1, -0.05) is 30.3 Å². The number of nitrogens with one attached hydrogen (secondary N) is 1. The molecule has 0 saturated carbocycles. The van der Waals surface area contributed by atoms with Crippen molar-refractivity contribution in [3.63, 3.8) is 0 Å². The molecular formula is C17H20N2O4S. The molecule has 0 saturated heterocycles. The van der Waals surface area contributed by atoms with Gasteiger partial charge in [0.2, 0.25) is 5.91 Å². The Labute approximate surface area is 142 Å². The number of amides is 1. The maximum absolute atomic E-state index is 13.0. The van der Waals surface area contributed by atoms with Crippen LogP contribution in [0.5, 0.6) is 5.75 Å². The zero-order valence-corrected chi connectivity index (χ0v) is 14.4. The van der Waals surface area contributed by atoms with Crippen LogP contribution in [0.15, 0.2) is 59.5 Å². The Morgan fingerprint density at radius 3 is 2.33 bits per heavy atom. The third-order valence-corrected chi connectivity index (χ3v) is 5.12. The van der Waals surface area contributed by atoms with Crippen LogP contribution < -0.4 is 14.4 Å². The molecule has 0 aliphatic heterocycles. The summed E-state index contributed by atoms with van der Waals surface area (Å²) in [6.07, 6.45) is 0. The van der Waals surface area contributed by atoms with Crippen LogP contribution in [0.3, 0.4) is 0 Å². The summed E-state index contributed by atoms with van der Waals surface area (Å²) >= 11 is 0. The fraction of sp³-hybridized carbons (Fsp3) is 0.235. The molecule has 0 aromatic heterocycles. The van der Waals surface area contributed by atoms with Crippen LogP contribution >= 0.6 is 0 Å². The van der Waals surface area contributed by atoms with E-state index in [1.165, 1.54) is 19.2 Å². The predicted octanol–water partition coefficient (Wildman–Crippen LogP) is 2.03. The molecule has 2 rings (SSSR count). The van der Waals surface area contributed by atoms with Crippen molar-refractivity contribution in [3.8, 4) is 5.75 Å². The van der Waals surface area contributed by atoms with Gasteiger partial charge in [0, 0.05) is 6.54 Å². The Balaban J connectivity index is 2.53. The van der Waals surface area contributed by atoms with Crippen molar-refractivity contribution in [2.45, 2.75) is 11.8 Å². The number of anilines is 1. The van der Waals surface area contributed by atoms with Gasteiger partial charge in [0.15, 0.2) is 0 Å². The molecule has 128 valence electrons. The molecule has 0 atom stereocenters. The topological polar surface area (TPSA) is 75.7 Å². The van der Waals surface area contributed by atoms with Gasteiger partial charge in [-0.05, 0) is 31.2 Å². The second-order valence-electron chi connectivity index (χ2n) is 4.95. The van der Waals surface area contributed by atoms with Crippen molar-refractivity contribution in [3.05, 3.63) is 54.6 Å². The molecule has 0 spiro atoms. The van der Waals surface area contributed by atoms with E-state index in [1.807, 2.05) is 0 Å². The van der Waals surface area contributed by atoms with E-state index in [9.17, 15) is 13.2 Å². The van der Waals surface area contributed by atoms with Crippen molar-refractivity contribution < 1.29 is 17.9 Å². The molecule has 0 radical (unpaired) electrons. The van der Waals surface area contributed by atoms with Crippen molar-refractivity contribution in [1.29, 1.82) is 0 Å². The summed E-state index contributed by atoms with van der Waals surface area (Å²) in [5.74, 6) is -0.00998. The summed E-state index contributed by atoms with van der Waals surface area (Å²) in [6.45, 7) is 1.87. The summed E-state index contributed by atoms with van der Waals surface area (Å²) in [7, 11) is -2.45. The highest BCUT2D eigenvalue weighted by atomic mass is 32.2. The standard InChI is InChI=1S/C17H20N2O4S/c1-3-18-17(20)13-19(15-11-7-8-12-16(15)23-2)24(21,22)14-9-5-4-6-10-14/h4-12H,3,13H2,1-2H3,(H,18,20). The number of benzene rings is 2. The number of carbonyl (C=O) groups is 1. The van der Waals surface area contributed by atoms with Gasteiger partial charge >= 0.3 is 0 Å². The Morgan fingerprint density at radius 1 is 1.08 bits per heavy atom. The number of hydrogen-bond acceptors (Lipinski definition) is 4. The van der Waals surface area contributed by atoms with Gasteiger partial charge < -0.3 is 10.1 Å². The number of ether oxygens (including phenoxy) is 1. The zero-order chi connectivity index (χ0) is 17.6. The molecule has 7 heteroatoms. The van der Waals surface area contributed by atoms with E-state index in [-0.39, 0.29) is 17.3 Å². The number of methoxy groups -OCH3 is 1. The number of rotatable bonds is 7. The lowest BCUT2D eigenvalue weighted by atomic mass is 10.3. The molecule has 2 aromatic carbocycles. The van der Waals surface area contributed by atoms with Crippen LogP contribution in [0.2, 0.25) is 0 Å². The van der Waals surface area contributed by atoms with Crippen molar-refractivity contribution in [2.24, 2.45) is 0 Å². The van der Waals surface area contributed by atoms with Crippen LogP contribution in [0.25, 0.3) is 0 Å². The Hall–Kier alpha value is -2.54. The fourth-order valence-corrected chi connectivity index (χ4v) is 3.69. The van der Waals surface area contributed by atoms with Gasteiger partial charge in [-0.2, -0.15) is 0 Å². The average Bonchev–Trinajstić information content (AvgIpc) is 2.60. The molecule has 1 N–H and O–H groups in total. The first-order chi connectivity index (χ1) is 11.5. The van der Waals surface area contributed by atoms with Gasteiger partial charge in [0.25, 0.3) is 10.0 Å². The molecule has 2 aromatic rings. The first-order valence-corrected chi connectivity index (χ1v) is 8.92. The zero-order valence-electron chi connectivity index (χ0n) is 13.6. The molecule has 0 unspecified atom stereocenters. The first-order valence-electron chi connectivity index (χ1n) is 7.48. The number of hydrogen-bond donors (Lipinski definition) is 1. The van der Waals surface area contributed by atoms with Crippen LogP contribution in [0.1, 0.15) is 6.92 Å². The van der Waals surface area contributed by atoms with E-state index in [4.69, 9.17) is 4.74 Å². The highest BCUT2D eigenvalue weighted by molar-refractivity contribution is 7.92. The summed E-state index contributed by atoms with van der Waals surface area (Å²) in [5, 5.41) is 2.62. The van der Waals surface area contributed by atoms with E-state index in [2.05, 4.69) is 5.32 Å². The SMILES string of the molecule is CCNC(=O)CN(c1ccccc1OC)S(=O)(=O)c1ccccc1. The molecule has 0 heterocycles. The number of nitrogens with zero attached hydrogens (tertiary/aromatic N) is 1. The summed E-state index contributed by atoms with van der Waals surface area (Å²) in [5.41, 5.74) is 0.315. The predicted molar refractivity (Wildman–Crippen MR) is 92.7 cm³/mol. The Morgan fingerprint density at radius 2 is 1.71 bits per heavy atom. The van der Waals surface area contributed by atoms with E-state index in [0.29, 0.717) is 18.0 Å². The van der Waals surface area contributed by atoms with E-state index >= 15 is 0 Å². The third-order valence-electron chi connectivity index (χ3n) is 3.35. The number of sulfonamides is 1. The van der Waals surface area contributed by atoms with Crippen LogP contribution in [-0.2, 0) is 14.8 Å². The second-order valence-corrected chi connectivity index (χ2v) is 6.81. The lowest BCUT2D eigenvalue weighted by Gasteiger charge is -2.25. The lowest BCUT2D eigenvalue weighted by Crippen LogP contribution is -2.41. The smallest absolute Gasteiger partial charge is 0.264 e. The molecule has 6 nitrogen and oxygen atoms in total. The highest BCUT2D eigenvalue weighted by Gasteiger charge is 2.28. The monoisotopic (exact) mass is 348 g/mol. The second kappa shape index (κ2) is 7.83. The van der Waals surface area contributed by atoms with Gasteiger partial charge in [-0.25, -0.2) is 8.42 Å². The third kappa shape index (κ3) is 3.86. The van der Waals surface area contributed by atoms with Crippen LogP contribution in [0, 0.1) is 0 Å². The number of carbonyl (C=O) groups excluding carboxylic acids is 1. The fourth-order valence-electron chi connectivity index (χ4n) is 2.24. The quantitative estimate of drug-likeness (QED) is 0.831. The first kappa shape index (κ1) is 17.8. The molecule has 0 fully saturated rings. The number of likely N-dealkylation sites (N-methyl/N-ethyl adjacent to an activating group) is 1. The largest absolute Gasteiger partial charge is 0.495 e. The van der Waals surface area contributed by atoms with Crippen molar-refractivity contribution in [2.75, 3.05) is 24.5 Å². The lowest BCUT2D eigenvalue weighted by molar-refractivity contribution is -0.119. The minimum Gasteiger partial charge on any atom is -0.495 e. The molecule has 1 amide bonds. The highest BCUT2D eigenvalue weighted by Crippen LogP contribution is 2.31. The van der Waals surface area contributed by atoms with E-state index in [1.54, 1.807) is 49.4 Å². The average molecular weight is 348 g/mol. The van der Waals surface area contributed by atoms with Gasteiger partial charge in [-0.15, -0.1) is 0 Å². The molecule has 0 bridgehead atoms. The van der Waals surface area contributed by atoms with Gasteiger partial charge in [-0.3, -0.25) is 9.10 Å². The van der Waals surface area contributed by atoms with Gasteiger partial charge in [0.05, 0.1) is 17.7 Å². The summed E-state index contributed by atoms with van der Waals surface area (Å²) < 4.78 is 32.4. The molecule has 0 aliphatic rings. The maximum atomic E-state index is 13.0. The Bertz CT molecular complexity index is 791. The molecule has 0 aliphatic carbocycles. The Kier molecular flexibility index (Phi) is 5.81. The maximum Gasteiger partial charge on any atom is 0.264 e. The van der Waals surface area contributed by atoms with Crippen molar-refractivity contribution >= 4 is 21.6 Å². The van der Waals surface area contributed by atoms with Crippen LogP contribution in [-0.4, -0.2) is 34.5 Å². The van der Waals surface area contributed by atoms with Crippen molar-refractivity contribution in [1.82, 2.24) is 5.32 Å². The normalized spacial score (nSPS) is 10.9. The minimum absolute atomic E-state index is 0.111.